The Bertz CT molecular complexity index is 499. The molecule has 88 valence electrons. The molecule has 0 aliphatic carbocycles. The van der Waals surface area contributed by atoms with Gasteiger partial charge in [0.05, 0.1) is 12.4 Å². The molecule has 0 atom stereocenters. The van der Waals surface area contributed by atoms with Crippen molar-refractivity contribution < 1.29 is 14.4 Å². The van der Waals surface area contributed by atoms with Crippen LogP contribution in [0.2, 0.25) is 0 Å². The van der Waals surface area contributed by atoms with E-state index in [0.717, 1.165) is 0 Å². The SMILES string of the molecule is O=C(O)c1cncc(NCCc2ncon2)n1. The van der Waals surface area contributed by atoms with Gasteiger partial charge in [-0.25, -0.2) is 9.78 Å². The molecule has 8 nitrogen and oxygen atoms in total. The molecule has 0 radical (unpaired) electrons. The van der Waals surface area contributed by atoms with Crippen LogP contribution in [0.1, 0.15) is 16.3 Å². The van der Waals surface area contributed by atoms with Crippen molar-refractivity contribution in [1.82, 2.24) is 20.1 Å². The topological polar surface area (TPSA) is 114 Å². The van der Waals surface area contributed by atoms with Crippen molar-refractivity contribution >= 4 is 11.8 Å². The van der Waals surface area contributed by atoms with E-state index in [2.05, 4.69) is 29.9 Å². The Kier molecular flexibility index (Phi) is 3.24. The smallest absolute Gasteiger partial charge is 0.356 e. The molecular formula is C9H9N5O3. The Morgan fingerprint density at radius 3 is 3.06 bits per heavy atom. The number of aromatic carboxylic acids is 1. The van der Waals surface area contributed by atoms with Crippen molar-refractivity contribution in [2.75, 3.05) is 11.9 Å². The van der Waals surface area contributed by atoms with Gasteiger partial charge < -0.3 is 14.9 Å². The molecule has 0 aliphatic rings. The first-order chi connectivity index (χ1) is 8.25. The fourth-order valence-corrected chi connectivity index (χ4v) is 1.16. The molecule has 0 amide bonds. The summed E-state index contributed by atoms with van der Waals surface area (Å²) in [5.74, 6) is -0.146. The molecule has 0 aliphatic heterocycles. The molecule has 8 heteroatoms. The normalized spacial score (nSPS) is 10.1. The van der Waals surface area contributed by atoms with E-state index in [9.17, 15) is 4.79 Å². The van der Waals surface area contributed by atoms with E-state index in [4.69, 9.17) is 5.11 Å². The van der Waals surface area contributed by atoms with E-state index in [1.807, 2.05) is 0 Å². The van der Waals surface area contributed by atoms with Gasteiger partial charge in [-0.3, -0.25) is 4.98 Å². The fourth-order valence-electron chi connectivity index (χ4n) is 1.16. The average molecular weight is 235 g/mol. The molecular weight excluding hydrogens is 226 g/mol. The van der Waals surface area contributed by atoms with Crippen LogP contribution in [0, 0.1) is 0 Å². The lowest BCUT2D eigenvalue weighted by Gasteiger charge is -2.03. The second-order valence-corrected chi connectivity index (χ2v) is 3.12. The van der Waals surface area contributed by atoms with Gasteiger partial charge >= 0.3 is 5.97 Å². The van der Waals surface area contributed by atoms with E-state index in [0.29, 0.717) is 24.6 Å². The Hall–Kier alpha value is -2.51. The highest BCUT2D eigenvalue weighted by Gasteiger charge is 2.06. The van der Waals surface area contributed by atoms with Crippen molar-refractivity contribution in [3.05, 3.63) is 30.3 Å². The van der Waals surface area contributed by atoms with Crippen LogP contribution in [0.25, 0.3) is 0 Å². The lowest BCUT2D eigenvalue weighted by atomic mass is 10.4. The molecule has 2 N–H and O–H groups in total. The molecule has 0 aromatic carbocycles. The maximum atomic E-state index is 10.7. The first kappa shape index (κ1) is 11.0. The summed E-state index contributed by atoms with van der Waals surface area (Å²) in [5, 5.41) is 15.3. The Morgan fingerprint density at radius 2 is 2.35 bits per heavy atom. The van der Waals surface area contributed by atoms with Crippen LogP contribution in [0.3, 0.4) is 0 Å². The summed E-state index contributed by atoms with van der Waals surface area (Å²) in [7, 11) is 0. The van der Waals surface area contributed by atoms with Gasteiger partial charge in [0.15, 0.2) is 11.5 Å². The second kappa shape index (κ2) is 5.01. The molecule has 2 heterocycles. The van der Waals surface area contributed by atoms with Crippen molar-refractivity contribution in [2.24, 2.45) is 0 Å². The third-order valence-corrected chi connectivity index (χ3v) is 1.92. The van der Waals surface area contributed by atoms with Crippen molar-refractivity contribution in [1.29, 1.82) is 0 Å². The van der Waals surface area contributed by atoms with E-state index in [-0.39, 0.29) is 5.69 Å². The quantitative estimate of drug-likeness (QED) is 0.755. The van der Waals surface area contributed by atoms with Crippen molar-refractivity contribution in [3.63, 3.8) is 0 Å². The summed E-state index contributed by atoms with van der Waals surface area (Å²) in [6, 6.07) is 0. The zero-order valence-electron chi connectivity index (χ0n) is 8.70. The minimum Gasteiger partial charge on any atom is -0.476 e. The summed E-state index contributed by atoms with van der Waals surface area (Å²) < 4.78 is 4.57. The number of anilines is 1. The first-order valence-electron chi connectivity index (χ1n) is 4.80. The predicted octanol–water partition coefficient (Wildman–Crippen LogP) is 0.212. The lowest BCUT2D eigenvalue weighted by molar-refractivity contribution is 0.0690. The van der Waals surface area contributed by atoms with Gasteiger partial charge in [0.2, 0.25) is 6.39 Å². The minimum absolute atomic E-state index is 0.102. The van der Waals surface area contributed by atoms with Crippen molar-refractivity contribution in [3.8, 4) is 0 Å². The Labute approximate surface area is 95.7 Å². The van der Waals surface area contributed by atoms with Crippen LogP contribution < -0.4 is 5.32 Å². The highest BCUT2D eigenvalue weighted by atomic mass is 16.5. The lowest BCUT2D eigenvalue weighted by Crippen LogP contribution is -2.10. The summed E-state index contributed by atoms with van der Waals surface area (Å²) in [4.78, 5) is 22.1. The van der Waals surface area contributed by atoms with Gasteiger partial charge in [0.25, 0.3) is 0 Å². The number of rotatable bonds is 5. The van der Waals surface area contributed by atoms with Gasteiger partial charge in [-0.15, -0.1) is 0 Å². The fraction of sp³-hybridized carbons (Fsp3) is 0.222. The van der Waals surface area contributed by atoms with E-state index >= 15 is 0 Å². The van der Waals surface area contributed by atoms with Gasteiger partial charge in [-0.2, -0.15) is 4.98 Å². The largest absolute Gasteiger partial charge is 0.476 e. The molecule has 0 fully saturated rings. The van der Waals surface area contributed by atoms with Crippen LogP contribution in [0.5, 0.6) is 0 Å². The molecule has 2 aromatic rings. The van der Waals surface area contributed by atoms with Crippen LogP contribution in [0.4, 0.5) is 5.82 Å². The number of carboxylic acid groups (broad SMARTS) is 1. The molecule has 0 spiro atoms. The molecule has 0 saturated heterocycles. The number of carbonyl (C=O) groups is 1. The number of nitrogens with zero attached hydrogens (tertiary/aromatic N) is 4. The van der Waals surface area contributed by atoms with E-state index < -0.39 is 5.97 Å². The Morgan fingerprint density at radius 1 is 1.47 bits per heavy atom. The highest BCUT2D eigenvalue weighted by molar-refractivity contribution is 5.85. The molecule has 0 bridgehead atoms. The summed E-state index contributed by atoms with van der Waals surface area (Å²) >= 11 is 0. The maximum Gasteiger partial charge on any atom is 0.356 e. The van der Waals surface area contributed by atoms with Gasteiger partial charge in [0, 0.05) is 13.0 Å². The summed E-state index contributed by atoms with van der Waals surface area (Å²) in [6.07, 6.45) is 4.44. The first-order valence-corrected chi connectivity index (χ1v) is 4.80. The summed E-state index contributed by atoms with van der Waals surface area (Å²) in [6.45, 7) is 0.511. The molecule has 17 heavy (non-hydrogen) atoms. The molecule has 2 rings (SSSR count). The second-order valence-electron chi connectivity index (χ2n) is 3.12. The van der Waals surface area contributed by atoms with E-state index in [1.54, 1.807) is 0 Å². The van der Waals surface area contributed by atoms with Crippen molar-refractivity contribution in [2.45, 2.75) is 6.42 Å². The number of nitrogens with one attached hydrogen (secondary N) is 1. The zero-order chi connectivity index (χ0) is 12.1. The number of carboxylic acids is 1. The number of hydrogen-bond donors (Lipinski definition) is 2. The van der Waals surface area contributed by atoms with Gasteiger partial charge in [0.1, 0.15) is 5.82 Å². The Balaban J connectivity index is 1.90. The average Bonchev–Trinajstić information content (AvgIpc) is 2.82. The molecule has 0 unspecified atom stereocenters. The minimum atomic E-state index is -1.11. The highest BCUT2D eigenvalue weighted by Crippen LogP contribution is 2.02. The van der Waals surface area contributed by atoms with E-state index in [1.165, 1.54) is 18.8 Å². The molecule has 2 aromatic heterocycles. The third kappa shape index (κ3) is 2.97. The standard InChI is InChI=1S/C9H9N5O3/c15-9(16)6-3-10-4-8(13-6)11-2-1-7-12-5-17-14-7/h3-5H,1-2H2,(H,11,13)(H,15,16). The predicted molar refractivity (Wildman–Crippen MR) is 55.5 cm³/mol. The van der Waals surface area contributed by atoms with Crippen LogP contribution in [0.15, 0.2) is 23.3 Å². The molecule has 0 saturated carbocycles. The third-order valence-electron chi connectivity index (χ3n) is 1.92. The van der Waals surface area contributed by atoms with Gasteiger partial charge in [-0.1, -0.05) is 5.16 Å². The summed E-state index contributed by atoms with van der Waals surface area (Å²) in [5.41, 5.74) is -0.102. The number of aromatic nitrogens is 4. The van der Waals surface area contributed by atoms with Crippen LogP contribution in [-0.2, 0) is 6.42 Å². The zero-order valence-corrected chi connectivity index (χ0v) is 8.70. The van der Waals surface area contributed by atoms with Gasteiger partial charge in [-0.05, 0) is 0 Å². The maximum absolute atomic E-state index is 10.7. The monoisotopic (exact) mass is 235 g/mol. The van der Waals surface area contributed by atoms with Crippen LogP contribution in [-0.4, -0.2) is 37.7 Å². The number of hydrogen-bond acceptors (Lipinski definition) is 7. The van der Waals surface area contributed by atoms with Crippen LogP contribution >= 0.6 is 0 Å².